The normalized spacial score (nSPS) is 21.8. The van der Waals surface area contributed by atoms with Gasteiger partial charge in [-0.05, 0) is 50.7 Å². The number of sulfonamides is 1. The molecular weight excluding hydrogens is 346 g/mol. The molecule has 0 radical (unpaired) electrons. The number of anilines is 1. The van der Waals surface area contributed by atoms with Gasteiger partial charge in [-0.25, -0.2) is 12.7 Å². The van der Waals surface area contributed by atoms with Crippen molar-refractivity contribution >= 4 is 33.0 Å². The molecule has 6 nitrogen and oxygen atoms in total. The first-order valence-corrected chi connectivity index (χ1v) is 9.70. The molecule has 1 aromatic rings. The van der Waals surface area contributed by atoms with Gasteiger partial charge in [0.05, 0.1) is 17.1 Å². The van der Waals surface area contributed by atoms with Gasteiger partial charge < -0.3 is 15.0 Å². The zero-order valence-electron chi connectivity index (χ0n) is 14.7. The molecule has 24 heavy (non-hydrogen) atoms. The van der Waals surface area contributed by atoms with Gasteiger partial charge in [0.1, 0.15) is 0 Å². The van der Waals surface area contributed by atoms with Gasteiger partial charge in [-0.2, -0.15) is 0 Å². The van der Waals surface area contributed by atoms with Crippen LogP contribution in [0, 0.1) is 6.92 Å². The molecule has 1 aliphatic heterocycles. The van der Waals surface area contributed by atoms with Crippen LogP contribution in [0.3, 0.4) is 0 Å². The van der Waals surface area contributed by atoms with Crippen molar-refractivity contribution in [1.82, 2.24) is 9.21 Å². The summed E-state index contributed by atoms with van der Waals surface area (Å²) in [4.78, 5) is 2.30. The van der Waals surface area contributed by atoms with Crippen molar-refractivity contribution in [3.05, 3.63) is 23.8 Å². The average molecular weight is 372 g/mol. The predicted molar refractivity (Wildman–Crippen MR) is 99.9 cm³/mol. The Morgan fingerprint density at radius 2 is 1.88 bits per heavy atom. The molecule has 1 heterocycles. The summed E-state index contributed by atoms with van der Waals surface area (Å²) in [5.74, 6) is 0. The molecule has 0 aromatic heterocycles. The molecule has 0 amide bonds. The minimum atomic E-state index is -3.48. The summed E-state index contributed by atoms with van der Waals surface area (Å²) in [6.07, 6.45) is 0.213. The summed E-state index contributed by atoms with van der Waals surface area (Å²) in [7, 11) is -0.443. The van der Waals surface area contributed by atoms with Gasteiger partial charge in [0, 0.05) is 32.9 Å². The molecule has 0 saturated carbocycles. The highest BCUT2D eigenvalue weighted by Gasteiger charge is 2.24. The van der Waals surface area contributed by atoms with Crippen LogP contribution in [0.4, 0.5) is 5.69 Å². The Labute approximate surface area is 149 Å². The smallest absolute Gasteiger partial charge is 0.242 e. The Hall–Kier alpha value is -1.22. The Balaban J connectivity index is 2.22. The van der Waals surface area contributed by atoms with Crippen LogP contribution in [-0.4, -0.2) is 62.1 Å². The van der Waals surface area contributed by atoms with Gasteiger partial charge in [0.15, 0.2) is 5.11 Å². The van der Waals surface area contributed by atoms with E-state index in [0.717, 1.165) is 5.56 Å². The van der Waals surface area contributed by atoms with Gasteiger partial charge in [-0.3, -0.25) is 0 Å². The van der Waals surface area contributed by atoms with E-state index in [0.29, 0.717) is 23.9 Å². The number of hydrogen-bond donors (Lipinski definition) is 1. The van der Waals surface area contributed by atoms with Crippen LogP contribution < -0.4 is 5.32 Å². The van der Waals surface area contributed by atoms with Gasteiger partial charge >= 0.3 is 0 Å². The second-order valence-corrected chi connectivity index (χ2v) is 8.90. The summed E-state index contributed by atoms with van der Waals surface area (Å²) >= 11 is 5.51. The van der Waals surface area contributed by atoms with Crippen LogP contribution in [0.25, 0.3) is 0 Å². The molecule has 2 unspecified atom stereocenters. The topological polar surface area (TPSA) is 61.9 Å². The number of aryl methyl sites for hydroxylation is 1. The van der Waals surface area contributed by atoms with Crippen molar-refractivity contribution in [3.63, 3.8) is 0 Å². The fraction of sp³-hybridized carbons (Fsp3) is 0.562. The van der Waals surface area contributed by atoms with E-state index in [1.165, 1.54) is 18.4 Å². The maximum atomic E-state index is 12.3. The van der Waals surface area contributed by atoms with Gasteiger partial charge in [-0.1, -0.05) is 6.07 Å². The lowest BCUT2D eigenvalue weighted by Crippen LogP contribution is -2.49. The molecule has 1 saturated heterocycles. The van der Waals surface area contributed by atoms with Crippen molar-refractivity contribution in [2.45, 2.75) is 37.9 Å². The summed E-state index contributed by atoms with van der Waals surface area (Å²) in [5, 5.41) is 3.77. The number of morpholine rings is 1. The van der Waals surface area contributed by atoms with E-state index in [2.05, 4.69) is 10.2 Å². The molecule has 0 spiro atoms. The molecule has 8 heteroatoms. The molecule has 2 rings (SSSR count). The Bertz CT molecular complexity index is 709. The monoisotopic (exact) mass is 371 g/mol. The average Bonchev–Trinajstić information content (AvgIpc) is 2.48. The fourth-order valence-corrected chi connectivity index (χ4v) is 3.83. The van der Waals surface area contributed by atoms with Crippen LogP contribution in [0.2, 0.25) is 0 Å². The van der Waals surface area contributed by atoms with E-state index in [4.69, 9.17) is 17.0 Å². The van der Waals surface area contributed by atoms with Crippen molar-refractivity contribution in [2.75, 3.05) is 32.5 Å². The number of hydrogen-bond acceptors (Lipinski definition) is 4. The van der Waals surface area contributed by atoms with Crippen LogP contribution >= 0.6 is 12.2 Å². The predicted octanol–water partition coefficient (Wildman–Crippen LogP) is 2.05. The minimum Gasteiger partial charge on any atom is -0.372 e. The highest BCUT2D eigenvalue weighted by atomic mass is 32.2. The summed E-state index contributed by atoms with van der Waals surface area (Å²) in [6, 6.07) is 5.02. The number of nitrogens with zero attached hydrogens (tertiary/aromatic N) is 2. The van der Waals surface area contributed by atoms with Crippen LogP contribution in [-0.2, 0) is 14.8 Å². The van der Waals surface area contributed by atoms with Crippen molar-refractivity contribution in [2.24, 2.45) is 0 Å². The van der Waals surface area contributed by atoms with Gasteiger partial charge in [-0.15, -0.1) is 0 Å². The molecule has 134 valence electrons. The third kappa shape index (κ3) is 4.24. The first kappa shape index (κ1) is 19.1. The zero-order valence-corrected chi connectivity index (χ0v) is 16.4. The number of ether oxygens (including phenoxy) is 1. The quantitative estimate of drug-likeness (QED) is 0.821. The lowest BCUT2D eigenvalue weighted by Gasteiger charge is -2.37. The zero-order chi connectivity index (χ0) is 18.1. The second-order valence-electron chi connectivity index (χ2n) is 6.36. The molecule has 0 bridgehead atoms. The lowest BCUT2D eigenvalue weighted by molar-refractivity contribution is -0.0473. The number of thiocarbonyl (C=S) groups is 1. The van der Waals surface area contributed by atoms with Crippen molar-refractivity contribution < 1.29 is 13.2 Å². The molecular formula is C16H25N3O3S2. The molecule has 1 aliphatic rings. The third-order valence-electron chi connectivity index (χ3n) is 3.94. The van der Waals surface area contributed by atoms with Crippen LogP contribution in [0.15, 0.2) is 23.1 Å². The Kier molecular flexibility index (Phi) is 5.85. The third-order valence-corrected chi connectivity index (χ3v) is 6.11. The van der Waals surface area contributed by atoms with Crippen LogP contribution in [0.5, 0.6) is 0 Å². The second kappa shape index (κ2) is 7.35. The molecule has 0 aliphatic carbocycles. The Morgan fingerprint density at radius 1 is 1.29 bits per heavy atom. The van der Waals surface area contributed by atoms with Gasteiger partial charge in [0.25, 0.3) is 0 Å². The van der Waals surface area contributed by atoms with E-state index >= 15 is 0 Å². The molecule has 1 N–H and O–H groups in total. The standard InChI is InChI=1S/C16H25N3O3S2/c1-11-6-7-14(24(20,21)18(4)5)8-15(11)17-16(23)19-9-12(2)22-13(3)10-19/h6-8,12-13H,9-10H2,1-5H3,(H,17,23). The van der Waals surface area contributed by atoms with E-state index in [1.54, 1.807) is 18.2 Å². The Morgan fingerprint density at radius 3 is 2.42 bits per heavy atom. The maximum Gasteiger partial charge on any atom is 0.242 e. The highest BCUT2D eigenvalue weighted by Crippen LogP contribution is 2.23. The number of rotatable bonds is 3. The number of benzene rings is 1. The highest BCUT2D eigenvalue weighted by molar-refractivity contribution is 7.89. The van der Waals surface area contributed by atoms with Crippen molar-refractivity contribution in [3.8, 4) is 0 Å². The first-order valence-electron chi connectivity index (χ1n) is 7.86. The maximum absolute atomic E-state index is 12.3. The summed E-state index contributed by atoms with van der Waals surface area (Å²) < 4.78 is 31.5. The van der Waals surface area contributed by atoms with E-state index < -0.39 is 10.0 Å². The van der Waals surface area contributed by atoms with Crippen LogP contribution in [0.1, 0.15) is 19.4 Å². The minimum absolute atomic E-state index is 0.107. The summed E-state index contributed by atoms with van der Waals surface area (Å²) in [6.45, 7) is 7.37. The molecule has 1 fully saturated rings. The fourth-order valence-electron chi connectivity index (χ4n) is 2.65. The summed E-state index contributed by atoms with van der Waals surface area (Å²) in [5.41, 5.74) is 1.64. The van der Waals surface area contributed by atoms with E-state index in [1.807, 2.05) is 20.8 Å². The SMILES string of the molecule is Cc1ccc(S(=O)(=O)N(C)C)cc1NC(=S)N1CC(C)OC(C)C1. The molecule has 2 atom stereocenters. The lowest BCUT2D eigenvalue weighted by atomic mass is 10.2. The largest absolute Gasteiger partial charge is 0.372 e. The number of nitrogens with one attached hydrogen (secondary N) is 1. The van der Waals surface area contributed by atoms with Crippen molar-refractivity contribution in [1.29, 1.82) is 0 Å². The first-order chi connectivity index (χ1) is 11.1. The van der Waals surface area contributed by atoms with E-state index in [-0.39, 0.29) is 17.1 Å². The van der Waals surface area contributed by atoms with E-state index in [9.17, 15) is 8.42 Å². The molecule has 1 aromatic carbocycles. The van der Waals surface area contributed by atoms with Gasteiger partial charge in [0.2, 0.25) is 10.0 Å².